The van der Waals surface area contributed by atoms with Gasteiger partial charge >= 0.3 is 6.18 Å². The maximum absolute atomic E-state index is 12.6. The van der Waals surface area contributed by atoms with Gasteiger partial charge < -0.3 is 11.5 Å². The van der Waals surface area contributed by atoms with Crippen molar-refractivity contribution < 1.29 is 22.9 Å². The molecule has 0 heterocycles. The second kappa shape index (κ2) is 5.33. The predicted octanol–water partition coefficient (Wildman–Crippen LogP) is 1.68. The van der Waals surface area contributed by atoms with Gasteiger partial charge in [-0.05, 0) is 6.07 Å². The molecule has 1 aromatic carbocycles. The molecule has 0 unspecified atom stereocenters. The lowest BCUT2D eigenvalue weighted by molar-refractivity contribution is -0.385. The van der Waals surface area contributed by atoms with Crippen molar-refractivity contribution in [1.29, 1.82) is 0 Å². The first-order valence-electron chi connectivity index (χ1n) is 4.73. The molecular formula is C9H6ClF3N4O3. The molecule has 0 aliphatic rings. The standard InChI is InChI=1S/C9H6ClF3N4O3/c10-5-2-6(17(19)20)3(7(18)16-8(14)15)1-4(5)9(11,12)13/h1-2H,(H4,14,15,16,18). The minimum absolute atomic E-state index is 0.231. The van der Waals surface area contributed by atoms with E-state index >= 15 is 0 Å². The molecule has 0 aromatic heterocycles. The van der Waals surface area contributed by atoms with Crippen molar-refractivity contribution in [2.24, 2.45) is 16.5 Å². The molecule has 0 radical (unpaired) electrons. The number of nitro groups is 1. The number of hydrogen-bond donors (Lipinski definition) is 2. The molecule has 1 aromatic rings. The zero-order chi connectivity index (χ0) is 15.7. The monoisotopic (exact) mass is 310 g/mol. The molecule has 0 aliphatic carbocycles. The quantitative estimate of drug-likeness (QED) is 0.372. The molecule has 0 aliphatic heterocycles. The van der Waals surface area contributed by atoms with Crippen LogP contribution in [-0.4, -0.2) is 16.8 Å². The van der Waals surface area contributed by atoms with Gasteiger partial charge in [0.2, 0.25) is 0 Å². The number of amides is 1. The van der Waals surface area contributed by atoms with Crippen molar-refractivity contribution in [3.05, 3.63) is 38.4 Å². The number of carbonyl (C=O) groups excluding carboxylic acids is 1. The van der Waals surface area contributed by atoms with Crippen LogP contribution in [0.25, 0.3) is 0 Å². The van der Waals surface area contributed by atoms with E-state index in [-0.39, 0.29) is 6.07 Å². The van der Waals surface area contributed by atoms with Crippen LogP contribution in [0.5, 0.6) is 0 Å². The van der Waals surface area contributed by atoms with Crippen LogP contribution in [0.4, 0.5) is 18.9 Å². The Kier molecular flexibility index (Phi) is 4.18. The molecule has 0 bridgehead atoms. The molecule has 7 nitrogen and oxygen atoms in total. The fourth-order valence-corrected chi connectivity index (χ4v) is 1.54. The lowest BCUT2D eigenvalue weighted by atomic mass is 10.1. The third-order valence-electron chi connectivity index (χ3n) is 2.05. The molecular weight excluding hydrogens is 305 g/mol. The number of hydrogen-bond acceptors (Lipinski definition) is 3. The Morgan fingerprint density at radius 1 is 1.35 bits per heavy atom. The van der Waals surface area contributed by atoms with Crippen molar-refractivity contribution in [2.45, 2.75) is 6.18 Å². The number of nitrogens with two attached hydrogens (primary N) is 2. The number of guanidine groups is 1. The van der Waals surface area contributed by atoms with Crippen LogP contribution >= 0.6 is 11.6 Å². The summed E-state index contributed by atoms with van der Waals surface area (Å²) in [6.45, 7) is 0. The summed E-state index contributed by atoms with van der Waals surface area (Å²) in [6, 6.07) is 0.648. The lowest BCUT2D eigenvalue weighted by Crippen LogP contribution is -2.24. The molecule has 1 rings (SSSR count). The predicted molar refractivity (Wildman–Crippen MR) is 63.2 cm³/mol. The van der Waals surface area contributed by atoms with E-state index in [1.807, 2.05) is 0 Å². The molecule has 0 saturated heterocycles. The van der Waals surface area contributed by atoms with E-state index in [1.165, 1.54) is 0 Å². The van der Waals surface area contributed by atoms with E-state index in [4.69, 9.17) is 23.1 Å². The number of benzene rings is 1. The Hall–Kier alpha value is -2.36. The number of halogens is 4. The summed E-state index contributed by atoms with van der Waals surface area (Å²) in [6.07, 6.45) is -4.89. The SMILES string of the molecule is NC(N)=NC(=O)c1cc(C(F)(F)F)c(Cl)cc1[N+](=O)[O-]. The number of nitro benzene ring substituents is 1. The Balaban J connectivity index is 3.59. The van der Waals surface area contributed by atoms with Crippen molar-refractivity contribution in [2.75, 3.05) is 0 Å². The molecule has 108 valence electrons. The fourth-order valence-electron chi connectivity index (χ4n) is 1.28. The highest BCUT2D eigenvalue weighted by Gasteiger charge is 2.36. The van der Waals surface area contributed by atoms with Gasteiger partial charge in [-0.1, -0.05) is 11.6 Å². The van der Waals surface area contributed by atoms with Crippen LogP contribution in [0.1, 0.15) is 15.9 Å². The van der Waals surface area contributed by atoms with Crippen molar-refractivity contribution in [3.8, 4) is 0 Å². The van der Waals surface area contributed by atoms with Gasteiger partial charge in [-0.15, -0.1) is 0 Å². The molecule has 4 N–H and O–H groups in total. The maximum Gasteiger partial charge on any atom is 0.417 e. The first-order chi connectivity index (χ1) is 9.04. The Bertz CT molecular complexity index is 611. The van der Waals surface area contributed by atoms with Crippen molar-refractivity contribution in [1.82, 2.24) is 0 Å². The molecule has 0 spiro atoms. The molecule has 0 atom stereocenters. The van der Waals surface area contributed by atoms with Gasteiger partial charge in [-0.2, -0.15) is 18.2 Å². The highest BCUT2D eigenvalue weighted by molar-refractivity contribution is 6.32. The second-order valence-electron chi connectivity index (χ2n) is 3.45. The molecule has 0 fully saturated rings. The summed E-state index contributed by atoms with van der Waals surface area (Å²) in [7, 11) is 0. The first-order valence-corrected chi connectivity index (χ1v) is 5.11. The third kappa shape index (κ3) is 3.35. The van der Waals surface area contributed by atoms with Crippen LogP contribution in [-0.2, 0) is 6.18 Å². The number of aliphatic imine (C=N–C) groups is 1. The van der Waals surface area contributed by atoms with Crippen LogP contribution in [0.2, 0.25) is 5.02 Å². The van der Waals surface area contributed by atoms with Gasteiger partial charge in [0.1, 0.15) is 5.56 Å². The number of carbonyl (C=O) groups is 1. The second-order valence-corrected chi connectivity index (χ2v) is 3.85. The topological polar surface area (TPSA) is 125 Å². The summed E-state index contributed by atoms with van der Waals surface area (Å²) in [5, 5.41) is 9.82. The smallest absolute Gasteiger partial charge is 0.370 e. The minimum Gasteiger partial charge on any atom is -0.370 e. The summed E-state index contributed by atoms with van der Waals surface area (Å²) in [4.78, 5) is 24.1. The van der Waals surface area contributed by atoms with Crippen molar-refractivity contribution in [3.63, 3.8) is 0 Å². The Morgan fingerprint density at radius 3 is 2.30 bits per heavy atom. The van der Waals surface area contributed by atoms with E-state index in [1.54, 1.807) is 0 Å². The van der Waals surface area contributed by atoms with Gasteiger partial charge in [-0.25, -0.2) is 0 Å². The first kappa shape index (κ1) is 15.7. The average molecular weight is 311 g/mol. The van der Waals surface area contributed by atoms with Gasteiger partial charge in [0, 0.05) is 6.07 Å². The molecule has 11 heteroatoms. The lowest BCUT2D eigenvalue weighted by Gasteiger charge is -2.10. The maximum atomic E-state index is 12.6. The summed E-state index contributed by atoms with van der Waals surface area (Å²) in [5.74, 6) is -2.12. The largest absolute Gasteiger partial charge is 0.417 e. The van der Waals surface area contributed by atoms with Crippen molar-refractivity contribution >= 4 is 29.2 Å². The van der Waals surface area contributed by atoms with Gasteiger partial charge in [0.05, 0.1) is 15.5 Å². The number of rotatable bonds is 2. The number of alkyl halides is 3. The van der Waals surface area contributed by atoms with Gasteiger partial charge in [0.15, 0.2) is 5.96 Å². The van der Waals surface area contributed by atoms with Crippen LogP contribution in [0.3, 0.4) is 0 Å². The van der Waals surface area contributed by atoms with Crippen LogP contribution in [0, 0.1) is 10.1 Å². The highest BCUT2D eigenvalue weighted by Crippen LogP contribution is 2.38. The van der Waals surface area contributed by atoms with E-state index in [0.717, 1.165) is 0 Å². The fraction of sp³-hybridized carbons (Fsp3) is 0.111. The van der Waals surface area contributed by atoms with Gasteiger partial charge in [-0.3, -0.25) is 14.9 Å². The van der Waals surface area contributed by atoms with Crippen LogP contribution in [0.15, 0.2) is 17.1 Å². The third-order valence-corrected chi connectivity index (χ3v) is 2.36. The molecule has 1 amide bonds. The zero-order valence-electron chi connectivity index (χ0n) is 9.44. The van der Waals surface area contributed by atoms with E-state index in [0.29, 0.717) is 6.07 Å². The Labute approximate surface area is 114 Å². The average Bonchev–Trinajstić information content (AvgIpc) is 2.25. The normalized spacial score (nSPS) is 11.0. The minimum atomic E-state index is -4.89. The van der Waals surface area contributed by atoms with Crippen LogP contribution < -0.4 is 11.5 Å². The van der Waals surface area contributed by atoms with E-state index < -0.39 is 44.8 Å². The Morgan fingerprint density at radius 2 is 1.90 bits per heavy atom. The molecule has 20 heavy (non-hydrogen) atoms. The summed E-state index contributed by atoms with van der Waals surface area (Å²) < 4.78 is 37.9. The summed E-state index contributed by atoms with van der Waals surface area (Å²) >= 11 is 5.32. The zero-order valence-corrected chi connectivity index (χ0v) is 10.2. The van der Waals surface area contributed by atoms with E-state index in [2.05, 4.69) is 4.99 Å². The highest BCUT2D eigenvalue weighted by atomic mass is 35.5. The number of nitrogens with zero attached hydrogens (tertiary/aromatic N) is 2. The van der Waals surface area contributed by atoms with E-state index in [9.17, 15) is 28.1 Å². The molecule has 0 saturated carbocycles. The summed E-state index contributed by atoms with van der Waals surface area (Å²) in [5.41, 5.74) is 6.55. The van der Waals surface area contributed by atoms with Gasteiger partial charge in [0.25, 0.3) is 11.6 Å².